The minimum Gasteiger partial charge on any atom is -0.426 e. The van der Waals surface area contributed by atoms with Gasteiger partial charge in [-0.15, -0.1) is 0 Å². The van der Waals surface area contributed by atoms with Gasteiger partial charge < -0.3 is 4.74 Å². The van der Waals surface area contributed by atoms with Crippen molar-refractivity contribution >= 4 is 51.5 Å². The second kappa shape index (κ2) is 8.40. The fourth-order valence-electron chi connectivity index (χ4n) is 2.77. The van der Waals surface area contributed by atoms with Gasteiger partial charge in [0.2, 0.25) is 0 Å². The minimum absolute atomic E-state index is 0.168. The molecule has 148 valence electrons. The molecule has 0 unspecified atom stereocenters. The topological polar surface area (TPSA) is 92.8 Å². The Morgan fingerprint density at radius 2 is 1.90 bits per heavy atom. The number of halogens is 1. The van der Waals surface area contributed by atoms with Gasteiger partial charge in [0.25, 0.3) is 11.8 Å². The fraction of sp³-hybridized carbons (Fsp3) is 0.143. The van der Waals surface area contributed by atoms with Gasteiger partial charge in [0.05, 0.1) is 5.69 Å². The summed E-state index contributed by atoms with van der Waals surface area (Å²) in [6.45, 7) is 3.41. The molecule has 1 saturated heterocycles. The molecule has 0 aromatic heterocycles. The summed E-state index contributed by atoms with van der Waals surface area (Å²) in [7, 11) is 0. The molecule has 2 aromatic rings. The van der Waals surface area contributed by atoms with Crippen LogP contribution in [0.15, 0.2) is 52.5 Å². The average molecular weight is 457 g/mol. The fourth-order valence-corrected chi connectivity index (χ4v) is 3.14. The number of para-hydroxylation sites is 1. The molecule has 0 aliphatic carbocycles. The minimum atomic E-state index is -0.822. The van der Waals surface area contributed by atoms with Crippen molar-refractivity contribution in [2.24, 2.45) is 0 Å². The van der Waals surface area contributed by atoms with Crippen molar-refractivity contribution in [3.63, 3.8) is 0 Å². The van der Waals surface area contributed by atoms with E-state index in [4.69, 9.17) is 4.74 Å². The van der Waals surface area contributed by atoms with Gasteiger partial charge in [0, 0.05) is 16.5 Å². The molecule has 1 aliphatic rings. The van der Waals surface area contributed by atoms with Crippen molar-refractivity contribution in [3.8, 4) is 5.75 Å². The molecule has 8 heteroatoms. The molecule has 1 N–H and O–H groups in total. The number of rotatable bonds is 4. The van der Waals surface area contributed by atoms with E-state index in [1.807, 2.05) is 0 Å². The summed E-state index contributed by atoms with van der Waals surface area (Å²) in [6.07, 6.45) is 1.47. The Bertz CT molecular complexity index is 1060. The number of hydrogen-bond acceptors (Lipinski definition) is 5. The second-order valence-electron chi connectivity index (χ2n) is 6.25. The maximum Gasteiger partial charge on any atom is 0.335 e. The van der Waals surface area contributed by atoms with E-state index >= 15 is 0 Å². The first-order valence-corrected chi connectivity index (χ1v) is 9.58. The third-order valence-electron chi connectivity index (χ3n) is 4.24. The Hall–Kier alpha value is -3.26. The van der Waals surface area contributed by atoms with Gasteiger partial charge in [-0.25, -0.2) is 9.69 Å². The Morgan fingerprint density at radius 3 is 2.59 bits per heavy atom. The number of benzene rings is 2. The van der Waals surface area contributed by atoms with Crippen molar-refractivity contribution in [1.29, 1.82) is 0 Å². The number of barbiturate groups is 1. The summed E-state index contributed by atoms with van der Waals surface area (Å²) in [6, 6.07) is 10.9. The molecular weight excluding hydrogens is 440 g/mol. The summed E-state index contributed by atoms with van der Waals surface area (Å²) < 4.78 is 5.95. The molecule has 3 rings (SSSR count). The Morgan fingerprint density at radius 1 is 1.17 bits per heavy atom. The summed E-state index contributed by atoms with van der Waals surface area (Å²) in [5.74, 6) is -1.84. The van der Waals surface area contributed by atoms with Crippen LogP contribution in [0.5, 0.6) is 5.75 Å². The lowest BCUT2D eigenvalue weighted by Crippen LogP contribution is -2.54. The highest BCUT2D eigenvalue weighted by Gasteiger charge is 2.37. The monoisotopic (exact) mass is 456 g/mol. The first-order chi connectivity index (χ1) is 13.8. The molecule has 0 spiro atoms. The van der Waals surface area contributed by atoms with Crippen LogP contribution in [-0.2, 0) is 14.4 Å². The first kappa shape index (κ1) is 20.5. The SMILES string of the molecule is CCC(=O)Oc1ccc(Br)cc1/C=C1/C(=O)NC(=O)N(c2ccccc2C)C1=O. The van der Waals surface area contributed by atoms with Crippen molar-refractivity contribution in [3.05, 3.63) is 63.6 Å². The zero-order chi connectivity index (χ0) is 21.1. The highest BCUT2D eigenvalue weighted by Crippen LogP contribution is 2.29. The van der Waals surface area contributed by atoms with Gasteiger partial charge in [-0.2, -0.15) is 0 Å². The molecule has 0 saturated carbocycles. The number of urea groups is 1. The van der Waals surface area contributed by atoms with Crippen LogP contribution >= 0.6 is 15.9 Å². The molecule has 1 fully saturated rings. The maximum absolute atomic E-state index is 13.0. The zero-order valence-electron chi connectivity index (χ0n) is 15.7. The van der Waals surface area contributed by atoms with Crippen LogP contribution in [0.4, 0.5) is 10.5 Å². The summed E-state index contributed by atoms with van der Waals surface area (Å²) >= 11 is 3.32. The van der Waals surface area contributed by atoms with E-state index in [0.717, 1.165) is 4.90 Å². The van der Waals surface area contributed by atoms with Crippen molar-refractivity contribution in [2.75, 3.05) is 4.90 Å². The molecule has 29 heavy (non-hydrogen) atoms. The molecule has 1 heterocycles. The average Bonchev–Trinajstić information content (AvgIpc) is 2.68. The van der Waals surface area contributed by atoms with E-state index in [9.17, 15) is 19.2 Å². The van der Waals surface area contributed by atoms with Crippen LogP contribution in [0.2, 0.25) is 0 Å². The number of carbonyl (C=O) groups excluding carboxylic acids is 4. The zero-order valence-corrected chi connectivity index (χ0v) is 17.3. The largest absolute Gasteiger partial charge is 0.426 e. The summed E-state index contributed by atoms with van der Waals surface area (Å²) in [5.41, 5.74) is 1.17. The van der Waals surface area contributed by atoms with Crippen LogP contribution in [0.25, 0.3) is 6.08 Å². The predicted octanol–water partition coefficient (Wildman–Crippen LogP) is 3.74. The molecule has 1 aliphatic heterocycles. The van der Waals surface area contributed by atoms with Crippen LogP contribution in [0.3, 0.4) is 0 Å². The number of esters is 1. The molecule has 2 aromatic carbocycles. The highest BCUT2D eigenvalue weighted by molar-refractivity contribution is 9.10. The standard InChI is InChI=1S/C21H17BrN2O5/c1-3-18(25)29-17-9-8-14(22)10-13(17)11-15-19(26)23-21(28)24(20(15)27)16-7-5-4-6-12(16)2/h4-11H,3H2,1-2H3,(H,23,26,28)/b15-11-. The number of imide groups is 2. The van der Waals surface area contributed by atoms with Crippen molar-refractivity contribution in [2.45, 2.75) is 20.3 Å². The lowest BCUT2D eigenvalue weighted by atomic mass is 10.1. The van der Waals surface area contributed by atoms with Gasteiger partial charge in [0.15, 0.2) is 0 Å². The quantitative estimate of drug-likeness (QED) is 0.327. The van der Waals surface area contributed by atoms with E-state index in [1.165, 1.54) is 6.08 Å². The van der Waals surface area contributed by atoms with Gasteiger partial charge in [-0.05, 0) is 42.8 Å². The van der Waals surface area contributed by atoms with Crippen molar-refractivity contribution < 1.29 is 23.9 Å². The summed E-state index contributed by atoms with van der Waals surface area (Å²) in [5, 5.41) is 2.18. The Kier molecular flexibility index (Phi) is 5.93. The maximum atomic E-state index is 13.0. The summed E-state index contributed by atoms with van der Waals surface area (Å²) in [4.78, 5) is 50.4. The van der Waals surface area contributed by atoms with Gasteiger partial charge in [-0.3, -0.25) is 19.7 Å². The highest BCUT2D eigenvalue weighted by atomic mass is 79.9. The second-order valence-corrected chi connectivity index (χ2v) is 7.17. The number of amides is 4. The number of carbonyl (C=O) groups is 4. The van der Waals surface area contributed by atoms with Crippen LogP contribution < -0.4 is 15.0 Å². The third-order valence-corrected chi connectivity index (χ3v) is 4.74. The molecule has 7 nitrogen and oxygen atoms in total. The van der Waals surface area contributed by atoms with E-state index in [-0.39, 0.29) is 17.7 Å². The number of anilines is 1. The van der Waals surface area contributed by atoms with E-state index in [0.29, 0.717) is 21.3 Å². The van der Waals surface area contributed by atoms with Crippen molar-refractivity contribution in [1.82, 2.24) is 5.32 Å². The lowest BCUT2D eigenvalue weighted by Gasteiger charge is -2.27. The number of nitrogens with one attached hydrogen (secondary N) is 1. The Balaban J connectivity index is 2.07. The molecule has 0 bridgehead atoms. The molecular formula is C21H17BrN2O5. The van der Waals surface area contributed by atoms with E-state index in [1.54, 1.807) is 56.3 Å². The number of ether oxygens (including phenoxy) is 1. The van der Waals surface area contributed by atoms with Crippen LogP contribution in [0.1, 0.15) is 24.5 Å². The number of hydrogen-bond donors (Lipinski definition) is 1. The normalized spacial score (nSPS) is 15.5. The third kappa shape index (κ3) is 4.27. The number of aryl methyl sites for hydroxylation is 1. The lowest BCUT2D eigenvalue weighted by molar-refractivity contribution is -0.134. The van der Waals surface area contributed by atoms with Gasteiger partial charge in [0.1, 0.15) is 11.3 Å². The van der Waals surface area contributed by atoms with Crippen LogP contribution in [0, 0.1) is 6.92 Å². The molecule has 0 radical (unpaired) electrons. The first-order valence-electron chi connectivity index (χ1n) is 8.79. The molecule has 4 amide bonds. The predicted molar refractivity (Wildman–Crippen MR) is 110 cm³/mol. The van der Waals surface area contributed by atoms with Gasteiger partial charge >= 0.3 is 12.0 Å². The number of nitrogens with zero attached hydrogens (tertiary/aromatic N) is 1. The van der Waals surface area contributed by atoms with Crippen LogP contribution in [-0.4, -0.2) is 23.8 Å². The smallest absolute Gasteiger partial charge is 0.335 e. The van der Waals surface area contributed by atoms with E-state index < -0.39 is 23.8 Å². The van der Waals surface area contributed by atoms with Gasteiger partial charge in [-0.1, -0.05) is 41.1 Å². The van der Waals surface area contributed by atoms with E-state index in [2.05, 4.69) is 21.2 Å². The molecule has 0 atom stereocenters. The Labute approximate surface area is 175 Å².